The van der Waals surface area contributed by atoms with Gasteiger partial charge in [0.05, 0.1) is 30.7 Å². The minimum atomic E-state index is -1.65. The number of para-hydroxylation sites is 1. The smallest absolute Gasteiger partial charge is 0.280 e. The van der Waals surface area contributed by atoms with Gasteiger partial charge in [0.25, 0.3) is 5.56 Å². The van der Waals surface area contributed by atoms with Crippen molar-refractivity contribution in [2.24, 2.45) is 0 Å². The Balaban J connectivity index is 1.94. The molecule has 1 saturated heterocycles. The lowest BCUT2D eigenvalue weighted by Crippen LogP contribution is -2.47. The first-order chi connectivity index (χ1) is 12.4. The van der Waals surface area contributed by atoms with E-state index in [9.17, 15) is 4.79 Å². The van der Waals surface area contributed by atoms with Crippen LogP contribution in [0.1, 0.15) is 18.3 Å². The monoisotopic (exact) mass is 363 g/mol. The van der Waals surface area contributed by atoms with Crippen LogP contribution in [-0.4, -0.2) is 24.3 Å². The lowest BCUT2D eigenvalue weighted by molar-refractivity contribution is 0.667. The zero-order valence-electron chi connectivity index (χ0n) is 15.9. The zero-order valence-corrected chi connectivity index (χ0v) is 16.9. The summed E-state index contributed by atoms with van der Waals surface area (Å²) in [5, 5.41) is 2.88. The summed E-state index contributed by atoms with van der Waals surface area (Å²) in [5.74, 6) is 0.838. The van der Waals surface area contributed by atoms with Crippen LogP contribution in [-0.2, 0) is 11.6 Å². The summed E-state index contributed by atoms with van der Waals surface area (Å²) < 4.78 is 1.85. The molecule has 26 heavy (non-hydrogen) atoms. The van der Waals surface area contributed by atoms with Gasteiger partial charge in [-0.1, -0.05) is 69.0 Å². The molecule has 0 aliphatic carbocycles. The highest BCUT2D eigenvalue weighted by atomic mass is 28.3. The van der Waals surface area contributed by atoms with Gasteiger partial charge in [0.15, 0.2) is 0 Å². The summed E-state index contributed by atoms with van der Waals surface area (Å²) >= 11 is 0. The number of hydrogen-bond donors (Lipinski definition) is 0. The van der Waals surface area contributed by atoms with Crippen molar-refractivity contribution < 1.29 is 0 Å². The number of aryl methyl sites for hydroxylation is 1. The Morgan fingerprint density at radius 3 is 2.35 bits per heavy atom. The molecule has 5 heteroatoms. The fraction of sp³-hybridized carbons (Fsp3) is 0.333. The number of aromatic nitrogens is 2. The molecular weight excluding hydrogens is 338 g/mol. The second kappa shape index (κ2) is 5.81. The molecule has 0 saturated carbocycles. The SMILES string of the molecule is CCc1nc2ccccc2c(=O)n1N1CC1(c1ccccc1)[Si](C)(C)C. The van der Waals surface area contributed by atoms with Gasteiger partial charge in [-0.25, -0.2) is 9.66 Å². The van der Waals surface area contributed by atoms with Gasteiger partial charge >= 0.3 is 0 Å². The van der Waals surface area contributed by atoms with E-state index < -0.39 is 8.07 Å². The Labute approximate surface area is 155 Å². The van der Waals surface area contributed by atoms with Crippen LogP contribution < -0.4 is 10.6 Å². The molecule has 3 aromatic rings. The molecule has 1 unspecified atom stereocenters. The van der Waals surface area contributed by atoms with Crippen LogP contribution in [0, 0.1) is 0 Å². The minimum absolute atomic E-state index is 0.0449. The lowest BCUT2D eigenvalue weighted by atomic mass is 10.1. The first kappa shape index (κ1) is 17.0. The van der Waals surface area contributed by atoms with E-state index in [-0.39, 0.29) is 10.7 Å². The topological polar surface area (TPSA) is 37.9 Å². The number of nitrogens with zero attached hydrogens (tertiary/aromatic N) is 3. The Morgan fingerprint density at radius 2 is 1.69 bits per heavy atom. The Kier molecular flexibility index (Phi) is 3.81. The van der Waals surface area contributed by atoms with Crippen LogP contribution in [0.3, 0.4) is 0 Å². The number of hydrogen-bond acceptors (Lipinski definition) is 3. The largest absolute Gasteiger partial charge is 0.297 e. The maximum atomic E-state index is 13.3. The fourth-order valence-corrected chi connectivity index (χ4v) is 6.61. The molecule has 0 amide bonds. The molecule has 0 spiro atoms. The van der Waals surface area contributed by atoms with Gasteiger partial charge in [-0.05, 0) is 17.7 Å². The van der Waals surface area contributed by atoms with Crippen molar-refractivity contribution in [3.05, 3.63) is 76.3 Å². The van der Waals surface area contributed by atoms with Gasteiger partial charge in [-0.2, -0.15) is 0 Å². The van der Waals surface area contributed by atoms with Gasteiger partial charge in [0.2, 0.25) is 0 Å². The average Bonchev–Trinajstić information content (AvgIpc) is 3.39. The van der Waals surface area contributed by atoms with Crippen molar-refractivity contribution in [3.63, 3.8) is 0 Å². The summed E-state index contributed by atoms with van der Waals surface area (Å²) in [6.07, 6.45) is 0.729. The lowest BCUT2D eigenvalue weighted by Gasteiger charge is -2.31. The predicted octanol–water partition coefficient (Wildman–Crippen LogP) is 3.68. The average molecular weight is 364 g/mol. The van der Waals surface area contributed by atoms with E-state index in [2.05, 4.69) is 61.9 Å². The normalized spacial score (nSPS) is 19.8. The third kappa shape index (κ3) is 2.34. The van der Waals surface area contributed by atoms with E-state index in [0.29, 0.717) is 5.39 Å². The number of rotatable bonds is 4. The Bertz CT molecular complexity index is 1020. The van der Waals surface area contributed by atoms with E-state index in [1.807, 2.05) is 28.9 Å². The van der Waals surface area contributed by atoms with E-state index >= 15 is 0 Å². The van der Waals surface area contributed by atoms with Crippen LogP contribution in [0.5, 0.6) is 0 Å². The molecule has 2 aromatic carbocycles. The fourth-order valence-electron chi connectivity index (χ4n) is 4.08. The first-order valence-electron chi connectivity index (χ1n) is 9.24. The van der Waals surface area contributed by atoms with Crippen LogP contribution in [0.25, 0.3) is 10.9 Å². The molecule has 1 aromatic heterocycles. The summed E-state index contributed by atoms with van der Waals surface area (Å²) in [4.78, 5) is 18.1. The summed E-state index contributed by atoms with van der Waals surface area (Å²) in [7, 11) is -1.65. The highest BCUT2D eigenvalue weighted by molar-refractivity contribution is 6.80. The van der Waals surface area contributed by atoms with E-state index in [4.69, 9.17) is 4.98 Å². The molecule has 134 valence electrons. The maximum absolute atomic E-state index is 13.3. The first-order valence-corrected chi connectivity index (χ1v) is 12.7. The van der Waals surface area contributed by atoms with Crippen LogP contribution in [0.4, 0.5) is 0 Å². The molecular formula is C21H25N3OSi. The Morgan fingerprint density at radius 1 is 1.04 bits per heavy atom. The van der Waals surface area contributed by atoms with Crippen LogP contribution in [0.15, 0.2) is 59.4 Å². The highest BCUT2D eigenvalue weighted by Crippen LogP contribution is 2.48. The van der Waals surface area contributed by atoms with Crippen molar-refractivity contribution in [2.45, 2.75) is 38.1 Å². The molecule has 1 fully saturated rings. The number of benzene rings is 2. The molecule has 1 aliphatic rings. The van der Waals surface area contributed by atoms with Crippen LogP contribution >= 0.6 is 0 Å². The molecule has 2 heterocycles. The molecule has 4 nitrogen and oxygen atoms in total. The van der Waals surface area contributed by atoms with E-state index in [1.54, 1.807) is 0 Å². The quantitative estimate of drug-likeness (QED) is 0.524. The van der Waals surface area contributed by atoms with Crippen molar-refractivity contribution in [3.8, 4) is 0 Å². The third-order valence-electron chi connectivity index (χ3n) is 5.59. The standard InChI is InChI=1S/C21H25N3OSi/c1-5-19-22-18-14-10-9-13-17(18)20(25)24(19)23-15-21(23,26(2,3)4)16-11-7-6-8-12-16/h6-14H,5,15H2,1-4H3. The molecule has 4 rings (SSSR count). The third-order valence-corrected chi connectivity index (χ3v) is 8.77. The van der Waals surface area contributed by atoms with Gasteiger partial charge in [-0.3, -0.25) is 9.80 Å². The molecule has 1 aliphatic heterocycles. The summed E-state index contributed by atoms with van der Waals surface area (Å²) in [6.45, 7) is 10.1. The van der Waals surface area contributed by atoms with Crippen LogP contribution in [0.2, 0.25) is 19.6 Å². The minimum Gasteiger partial charge on any atom is -0.297 e. The van der Waals surface area contributed by atoms with Crippen molar-refractivity contribution in [1.82, 2.24) is 9.66 Å². The van der Waals surface area contributed by atoms with Gasteiger partial charge < -0.3 is 0 Å². The molecule has 0 bridgehead atoms. The number of fused-ring (bicyclic) bond motifs is 1. The predicted molar refractivity (Wildman–Crippen MR) is 110 cm³/mol. The van der Waals surface area contributed by atoms with Crippen molar-refractivity contribution in [2.75, 3.05) is 11.6 Å². The highest BCUT2D eigenvalue weighted by Gasteiger charge is 2.63. The second-order valence-corrected chi connectivity index (χ2v) is 13.4. The molecule has 1 atom stereocenters. The van der Waals surface area contributed by atoms with E-state index in [0.717, 1.165) is 24.3 Å². The van der Waals surface area contributed by atoms with Crippen molar-refractivity contribution >= 4 is 19.0 Å². The van der Waals surface area contributed by atoms with E-state index in [1.165, 1.54) is 5.56 Å². The Hall–Kier alpha value is -2.40. The zero-order chi connectivity index (χ0) is 18.5. The van der Waals surface area contributed by atoms with Gasteiger partial charge in [0.1, 0.15) is 5.82 Å². The van der Waals surface area contributed by atoms with Gasteiger partial charge in [0, 0.05) is 6.42 Å². The van der Waals surface area contributed by atoms with Gasteiger partial charge in [-0.15, -0.1) is 0 Å². The summed E-state index contributed by atoms with van der Waals surface area (Å²) in [5.41, 5.74) is 2.13. The maximum Gasteiger partial charge on any atom is 0.280 e. The second-order valence-electron chi connectivity index (χ2n) is 8.05. The molecule has 0 radical (unpaired) electrons. The summed E-state index contributed by atoms with van der Waals surface area (Å²) in [6, 6.07) is 18.3. The van der Waals surface area contributed by atoms with Crippen molar-refractivity contribution in [1.29, 1.82) is 0 Å². The molecule has 0 N–H and O–H groups in total.